The number of benzene rings is 1. The highest BCUT2D eigenvalue weighted by molar-refractivity contribution is 5.89. The third kappa shape index (κ3) is 6.58. The second-order valence-electron chi connectivity index (χ2n) is 8.03. The minimum absolute atomic E-state index is 0.0849. The number of amides is 2. The lowest BCUT2D eigenvalue weighted by molar-refractivity contribution is 0.148. The van der Waals surface area contributed by atoms with Crippen LogP contribution in [0.1, 0.15) is 46.5 Å². The lowest BCUT2D eigenvalue weighted by Crippen LogP contribution is -2.33. The van der Waals surface area contributed by atoms with Gasteiger partial charge < -0.3 is 20.6 Å². The highest BCUT2D eigenvalue weighted by Crippen LogP contribution is 2.25. The summed E-state index contributed by atoms with van der Waals surface area (Å²) in [7, 11) is 0. The molecule has 1 fully saturated rings. The van der Waals surface area contributed by atoms with Gasteiger partial charge in [-0.3, -0.25) is 0 Å². The fourth-order valence-electron chi connectivity index (χ4n) is 3.07. The van der Waals surface area contributed by atoms with E-state index in [-0.39, 0.29) is 18.1 Å². The van der Waals surface area contributed by atoms with Crippen molar-refractivity contribution in [1.29, 1.82) is 0 Å². The number of urea groups is 1. The van der Waals surface area contributed by atoms with Crippen molar-refractivity contribution in [3.05, 3.63) is 24.3 Å². The Morgan fingerprint density at radius 2 is 2.04 bits per heavy atom. The molecule has 140 valence electrons. The van der Waals surface area contributed by atoms with Gasteiger partial charge in [0, 0.05) is 37.6 Å². The summed E-state index contributed by atoms with van der Waals surface area (Å²) in [6, 6.07) is 7.89. The molecule has 1 aliphatic heterocycles. The van der Waals surface area contributed by atoms with Crippen LogP contribution in [0.15, 0.2) is 24.3 Å². The molecule has 3 N–H and O–H groups in total. The summed E-state index contributed by atoms with van der Waals surface area (Å²) in [5.74, 6) is 0.805. The Morgan fingerprint density at radius 3 is 2.72 bits per heavy atom. The van der Waals surface area contributed by atoms with Crippen molar-refractivity contribution in [1.82, 2.24) is 5.32 Å². The van der Waals surface area contributed by atoms with Crippen molar-refractivity contribution in [3.63, 3.8) is 0 Å². The molecule has 0 bridgehead atoms. The number of carbonyl (C=O) groups excluding carboxylic acids is 1. The summed E-state index contributed by atoms with van der Waals surface area (Å²) in [6.45, 7) is 9.30. The maximum atomic E-state index is 12.1. The van der Waals surface area contributed by atoms with Gasteiger partial charge in [0.25, 0.3) is 0 Å². The van der Waals surface area contributed by atoms with Gasteiger partial charge >= 0.3 is 6.03 Å². The number of hydrogen-bond acceptors (Lipinski definition) is 3. The van der Waals surface area contributed by atoms with E-state index < -0.39 is 0 Å². The fraction of sp³-hybridized carbons (Fsp3) is 0.650. The van der Waals surface area contributed by atoms with Crippen molar-refractivity contribution in [2.24, 2.45) is 11.3 Å². The van der Waals surface area contributed by atoms with E-state index in [1.807, 2.05) is 32.0 Å². The Kier molecular flexibility index (Phi) is 7.12. The zero-order valence-electron chi connectivity index (χ0n) is 15.8. The second-order valence-corrected chi connectivity index (χ2v) is 8.03. The van der Waals surface area contributed by atoms with E-state index >= 15 is 0 Å². The predicted molar refractivity (Wildman–Crippen MR) is 104 cm³/mol. The minimum Gasteiger partial charge on any atom is -0.396 e. The maximum absolute atomic E-state index is 12.1. The standard InChI is InChI=1S/C20H33N3O2/c1-16-8-12-23(13-9-16)18-7-4-6-17(14-18)22-19(25)21-11-5-10-20(2,3)15-24/h4,6-7,14,16,24H,5,8-13,15H2,1-3H3,(H2,21,22,25). The van der Waals surface area contributed by atoms with Crippen LogP contribution in [-0.4, -0.2) is 37.4 Å². The molecule has 0 saturated carbocycles. The Hall–Kier alpha value is -1.75. The Balaban J connectivity index is 1.78. The topological polar surface area (TPSA) is 64.6 Å². The van der Waals surface area contributed by atoms with Gasteiger partial charge in [0.1, 0.15) is 0 Å². The fourth-order valence-corrected chi connectivity index (χ4v) is 3.07. The van der Waals surface area contributed by atoms with E-state index in [4.69, 9.17) is 0 Å². The molecule has 0 atom stereocenters. The van der Waals surface area contributed by atoms with Gasteiger partial charge in [-0.1, -0.05) is 26.8 Å². The number of anilines is 2. The van der Waals surface area contributed by atoms with Gasteiger partial charge in [-0.2, -0.15) is 0 Å². The molecule has 5 nitrogen and oxygen atoms in total. The van der Waals surface area contributed by atoms with Crippen molar-refractivity contribution < 1.29 is 9.90 Å². The third-order valence-corrected chi connectivity index (χ3v) is 5.00. The van der Waals surface area contributed by atoms with Gasteiger partial charge in [0.15, 0.2) is 0 Å². The van der Waals surface area contributed by atoms with E-state index in [1.54, 1.807) is 0 Å². The number of hydrogen-bond donors (Lipinski definition) is 3. The van der Waals surface area contributed by atoms with Crippen LogP contribution in [0, 0.1) is 11.3 Å². The molecule has 5 heteroatoms. The summed E-state index contributed by atoms with van der Waals surface area (Å²) in [6.07, 6.45) is 4.18. The molecule has 1 saturated heterocycles. The highest BCUT2D eigenvalue weighted by atomic mass is 16.3. The molecule has 0 unspecified atom stereocenters. The molecule has 0 spiro atoms. The highest BCUT2D eigenvalue weighted by Gasteiger charge is 2.17. The number of aliphatic hydroxyl groups is 1. The Labute approximate surface area is 151 Å². The van der Waals surface area contributed by atoms with E-state index in [9.17, 15) is 9.90 Å². The Bertz CT molecular complexity index is 552. The molecule has 1 aliphatic rings. The number of nitrogens with one attached hydrogen (secondary N) is 2. The summed E-state index contributed by atoms with van der Waals surface area (Å²) < 4.78 is 0. The summed E-state index contributed by atoms with van der Waals surface area (Å²) in [5, 5.41) is 15.0. The van der Waals surface area contributed by atoms with Crippen LogP contribution in [0.25, 0.3) is 0 Å². The van der Waals surface area contributed by atoms with Crippen molar-refractivity contribution in [2.75, 3.05) is 36.5 Å². The smallest absolute Gasteiger partial charge is 0.319 e. The van der Waals surface area contributed by atoms with E-state index in [2.05, 4.69) is 28.5 Å². The zero-order valence-corrected chi connectivity index (χ0v) is 15.8. The third-order valence-electron chi connectivity index (χ3n) is 5.00. The number of piperidine rings is 1. The molecular formula is C20H33N3O2. The molecule has 2 rings (SSSR count). The van der Waals surface area contributed by atoms with Gasteiger partial charge in [-0.05, 0) is 55.2 Å². The molecule has 1 heterocycles. The molecule has 25 heavy (non-hydrogen) atoms. The monoisotopic (exact) mass is 347 g/mol. The molecule has 0 aromatic heterocycles. The lowest BCUT2D eigenvalue weighted by Gasteiger charge is -2.32. The summed E-state index contributed by atoms with van der Waals surface area (Å²) >= 11 is 0. The molecule has 1 aromatic carbocycles. The number of rotatable bonds is 7. The molecular weight excluding hydrogens is 314 g/mol. The zero-order chi connectivity index (χ0) is 18.3. The molecule has 1 aromatic rings. The first-order valence-corrected chi connectivity index (χ1v) is 9.40. The maximum Gasteiger partial charge on any atom is 0.319 e. The van der Waals surface area contributed by atoms with Crippen LogP contribution < -0.4 is 15.5 Å². The first kappa shape index (κ1) is 19.6. The minimum atomic E-state index is -0.175. The summed E-state index contributed by atoms with van der Waals surface area (Å²) in [4.78, 5) is 14.4. The van der Waals surface area contributed by atoms with Gasteiger partial charge in [0.05, 0.1) is 0 Å². The van der Waals surface area contributed by atoms with Gasteiger partial charge in [-0.25, -0.2) is 4.79 Å². The largest absolute Gasteiger partial charge is 0.396 e. The van der Waals surface area contributed by atoms with E-state index in [1.165, 1.54) is 18.5 Å². The second kappa shape index (κ2) is 9.09. The van der Waals surface area contributed by atoms with Gasteiger partial charge in [-0.15, -0.1) is 0 Å². The SMILES string of the molecule is CC1CCN(c2cccc(NC(=O)NCCCC(C)(C)CO)c2)CC1. The van der Waals surface area contributed by atoms with Crippen LogP contribution in [0.4, 0.5) is 16.2 Å². The number of aliphatic hydroxyl groups excluding tert-OH is 1. The van der Waals surface area contributed by atoms with Crippen LogP contribution in [0.3, 0.4) is 0 Å². The molecule has 0 aliphatic carbocycles. The van der Waals surface area contributed by atoms with Crippen LogP contribution in [0.5, 0.6) is 0 Å². The molecule has 0 radical (unpaired) electrons. The lowest BCUT2D eigenvalue weighted by atomic mass is 9.89. The van der Waals surface area contributed by atoms with Crippen molar-refractivity contribution in [2.45, 2.75) is 46.5 Å². The van der Waals surface area contributed by atoms with E-state index in [0.717, 1.165) is 37.5 Å². The first-order chi connectivity index (χ1) is 11.9. The van der Waals surface area contributed by atoms with Crippen LogP contribution >= 0.6 is 0 Å². The van der Waals surface area contributed by atoms with Crippen molar-refractivity contribution in [3.8, 4) is 0 Å². The quantitative estimate of drug-likeness (QED) is 0.657. The normalized spacial score (nSPS) is 15.9. The predicted octanol–water partition coefficient (Wildman–Crippen LogP) is 3.84. The average Bonchev–Trinajstić information content (AvgIpc) is 2.60. The number of nitrogens with zero attached hydrogens (tertiary/aromatic N) is 1. The van der Waals surface area contributed by atoms with E-state index in [0.29, 0.717) is 6.54 Å². The van der Waals surface area contributed by atoms with Crippen LogP contribution in [-0.2, 0) is 0 Å². The van der Waals surface area contributed by atoms with Crippen molar-refractivity contribution >= 4 is 17.4 Å². The van der Waals surface area contributed by atoms with Gasteiger partial charge in [0.2, 0.25) is 0 Å². The van der Waals surface area contributed by atoms with Crippen LogP contribution in [0.2, 0.25) is 0 Å². The molecule has 2 amide bonds. The summed E-state index contributed by atoms with van der Waals surface area (Å²) in [5.41, 5.74) is 1.91. The average molecular weight is 348 g/mol. The Morgan fingerprint density at radius 1 is 1.32 bits per heavy atom. The first-order valence-electron chi connectivity index (χ1n) is 9.40. The number of carbonyl (C=O) groups is 1.